The Morgan fingerprint density at radius 3 is 2.93 bits per heavy atom. The van der Waals surface area contributed by atoms with Crippen molar-refractivity contribution in [3.63, 3.8) is 0 Å². The fraction of sp³-hybridized carbons (Fsp3) is 0.250. The Morgan fingerprint density at radius 2 is 2.17 bits per heavy atom. The van der Waals surface area contributed by atoms with Gasteiger partial charge in [-0.1, -0.05) is 23.0 Å². The molecule has 0 fully saturated rings. The second-order valence-electron chi connectivity index (χ2n) is 6.52. The number of carbonyl (C=O) groups is 1. The first-order valence-corrected chi connectivity index (χ1v) is 9.92. The number of nitrogens with zero attached hydrogens (tertiary/aromatic N) is 2. The SMILES string of the molecule is Cc1cc(CSc2ncccc2C(=O)Nc2ccc3c(c2F)CCNC3)no1.Cl.Cl. The number of aryl methyl sites for hydroxylation is 1. The molecule has 0 unspecified atom stereocenters. The number of pyridine rings is 1. The molecule has 2 N–H and O–H groups in total. The number of rotatable bonds is 5. The van der Waals surface area contributed by atoms with Gasteiger partial charge >= 0.3 is 0 Å². The summed E-state index contributed by atoms with van der Waals surface area (Å²) in [6.45, 7) is 3.20. The highest BCUT2D eigenvalue weighted by Crippen LogP contribution is 2.27. The van der Waals surface area contributed by atoms with Crippen molar-refractivity contribution in [2.45, 2.75) is 30.7 Å². The Labute approximate surface area is 190 Å². The van der Waals surface area contributed by atoms with Crippen molar-refractivity contribution in [1.82, 2.24) is 15.5 Å². The molecule has 4 rings (SSSR count). The Balaban J connectivity index is 0.00000160. The van der Waals surface area contributed by atoms with E-state index in [1.807, 2.05) is 19.1 Å². The maximum atomic E-state index is 14.8. The molecule has 3 heterocycles. The average molecular weight is 471 g/mol. The molecule has 0 saturated carbocycles. The van der Waals surface area contributed by atoms with Crippen molar-refractivity contribution in [3.8, 4) is 0 Å². The highest BCUT2D eigenvalue weighted by atomic mass is 35.5. The van der Waals surface area contributed by atoms with Gasteiger partial charge in [-0.2, -0.15) is 0 Å². The van der Waals surface area contributed by atoms with E-state index in [-0.39, 0.29) is 42.2 Å². The fourth-order valence-corrected chi connectivity index (χ4v) is 4.00. The summed E-state index contributed by atoms with van der Waals surface area (Å²) >= 11 is 1.38. The molecule has 0 bridgehead atoms. The van der Waals surface area contributed by atoms with E-state index in [1.165, 1.54) is 11.8 Å². The number of hydrogen-bond donors (Lipinski definition) is 2. The molecular formula is C20H21Cl2FN4O2S. The Kier molecular flexibility index (Phi) is 8.66. The zero-order chi connectivity index (χ0) is 19.5. The van der Waals surface area contributed by atoms with E-state index in [9.17, 15) is 9.18 Å². The standard InChI is InChI=1S/C20H19FN4O2S.2ClH/c1-12-9-14(25-27-12)11-28-20-16(3-2-7-23-20)19(26)24-17-5-4-13-10-22-8-6-15(13)18(17)21;;/h2-5,7,9,22H,6,8,10-11H2,1H3,(H,24,26);2*1H. The highest BCUT2D eigenvalue weighted by molar-refractivity contribution is 7.98. The normalized spacial score (nSPS) is 12.3. The number of hydrogen-bond acceptors (Lipinski definition) is 6. The van der Waals surface area contributed by atoms with Crippen LogP contribution in [0.2, 0.25) is 0 Å². The highest BCUT2D eigenvalue weighted by Gasteiger charge is 2.19. The molecule has 1 aliphatic heterocycles. The molecule has 0 saturated heterocycles. The molecule has 0 spiro atoms. The molecule has 6 nitrogen and oxygen atoms in total. The smallest absolute Gasteiger partial charge is 0.258 e. The summed E-state index contributed by atoms with van der Waals surface area (Å²) in [4.78, 5) is 17.1. The summed E-state index contributed by atoms with van der Waals surface area (Å²) in [6, 6.07) is 8.67. The molecular weight excluding hydrogens is 450 g/mol. The van der Waals surface area contributed by atoms with E-state index in [0.717, 1.165) is 23.6 Å². The van der Waals surface area contributed by atoms with Crippen LogP contribution in [0, 0.1) is 12.7 Å². The monoisotopic (exact) mass is 470 g/mol. The first-order chi connectivity index (χ1) is 13.6. The van der Waals surface area contributed by atoms with Crippen molar-refractivity contribution >= 4 is 48.2 Å². The van der Waals surface area contributed by atoms with Crippen LogP contribution in [0.3, 0.4) is 0 Å². The number of nitrogens with one attached hydrogen (secondary N) is 2. The van der Waals surface area contributed by atoms with Crippen LogP contribution in [-0.2, 0) is 18.7 Å². The summed E-state index contributed by atoms with van der Waals surface area (Å²) in [5, 5.41) is 10.4. The lowest BCUT2D eigenvalue weighted by Crippen LogP contribution is -2.25. The van der Waals surface area contributed by atoms with Gasteiger partial charge in [0.2, 0.25) is 0 Å². The molecule has 10 heteroatoms. The van der Waals surface area contributed by atoms with Crippen LogP contribution in [0.4, 0.5) is 10.1 Å². The topological polar surface area (TPSA) is 80.0 Å². The number of anilines is 1. The maximum absolute atomic E-state index is 14.8. The van der Waals surface area contributed by atoms with Gasteiger partial charge < -0.3 is 15.2 Å². The summed E-state index contributed by atoms with van der Waals surface area (Å²) in [5.74, 6) is 0.505. The van der Waals surface area contributed by atoms with E-state index < -0.39 is 0 Å². The minimum absolute atomic E-state index is 0. The molecule has 0 atom stereocenters. The Bertz CT molecular complexity index is 1030. The summed E-state index contributed by atoms with van der Waals surface area (Å²) in [6.07, 6.45) is 2.23. The Morgan fingerprint density at radius 1 is 1.33 bits per heavy atom. The maximum Gasteiger partial charge on any atom is 0.258 e. The predicted molar refractivity (Wildman–Crippen MR) is 119 cm³/mol. The molecule has 160 valence electrons. The molecule has 1 amide bonds. The van der Waals surface area contributed by atoms with Crippen molar-refractivity contribution in [2.24, 2.45) is 0 Å². The van der Waals surface area contributed by atoms with Gasteiger partial charge in [-0.15, -0.1) is 24.8 Å². The minimum Gasteiger partial charge on any atom is -0.361 e. The predicted octanol–water partition coefficient (Wildman–Crippen LogP) is 4.55. The zero-order valence-corrected chi connectivity index (χ0v) is 18.6. The number of carbonyl (C=O) groups excluding carboxylic acids is 1. The first-order valence-electron chi connectivity index (χ1n) is 8.94. The lowest BCUT2D eigenvalue weighted by molar-refractivity contribution is 0.102. The van der Waals surface area contributed by atoms with Crippen molar-refractivity contribution in [2.75, 3.05) is 11.9 Å². The number of aromatic nitrogens is 2. The Hall–Kier alpha value is -2.13. The number of amides is 1. The second kappa shape index (κ2) is 10.8. The first kappa shape index (κ1) is 24.1. The molecule has 1 aliphatic rings. The quantitative estimate of drug-likeness (QED) is 0.532. The number of fused-ring (bicyclic) bond motifs is 1. The molecule has 1 aromatic carbocycles. The van der Waals surface area contributed by atoms with Crippen LogP contribution in [0.1, 0.15) is 32.9 Å². The molecule has 0 radical (unpaired) electrons. The second-order valence-corrected chi connectivity index (χ2v) is 7.48. The van der Waals surface area contributed by atoms with E-state index in [0.29, 0.717) is 34.9 Å². The minimum atomic E-state index is -0.389. The summed E-state index contributed by atoms with van der Waals surface area (Å²) in [7, 11) is 0. The largest absolute Gasteiger partial charge is 0.361 e. The van der Waals surface area contributed by atoms with Gasteiger partial charge in [-0.25, -0.2) is 9.37 Å². The third-order valence-electron chi connectivity index (χ3n) is 4.50. The van der Waals surface area contributed by atoms with Crippen LogP contribution in [0.25, 0.3) is 0 Å². The van der Waals surface area contributed by atoms with Crippen LogP contribution in [0.15, 0.2) is 46.1 Å². The van der Waals surface area contributed by atoms with Crippen molar-refractivity contribution in [1.29, 1.82) is 0 Å². The van der Waals surface area contributed by atoms with E-state index in [4.69, 9.17) is 4.52 Å². The van der Waals surface area contributed by atoms with Gasteiger partial charge in [-0.3, -0.25) is 4.79 Å². The lowest BCUT2D eigenvalue weighted by atomic mass is 9.99. The van der Waals surface area contributed by atoms with Crippen LogP contribution in [0.5, 0.6) is 0 Å². The molecule has 2 aromatic heterocycles. The number of thioether (sulfide) groups is 1. The number of benzene rings is 1. The van der Waals surface area contributed by atoms with Gasteiger partial charge in [0.1, 0.15) is 16.6 Å². The average Bonchev–Trinajstić information content (AvgIpc) is 3.14. The van der Waals surface area contributed by atoms with E-state index in [2.05, 4.69) is 20.8 Å². The van der Waals surface area contributed by atoms with Crippen LogP contribution >= 0.6 is 36.6 Å². The van der Waals surface area contributed by atoms with Gasteiger partial charge in [-0.05, 0) is 49.2 Å². The molecule has 3 aromatic rings. The van der Waals surface area contributed by atoms with Gasteiger partial charge in [0.05, 0.1) is 16.9 Å². The fourth-order valence-electron chi connectivity index (χ4n) is 3.13. The molecule has 30 heavy (non-hydrogen) atoms. The number of halogens is 3. The molecule has 0 aliphatic carbocycles. The summed E-state index contributed by atoms with van der Waals surface area (Å²) < 4.78 is 19.9. The van der Waals surface area contributed by atoms with E-state index in [1.54, 1.807) is 24.4 Å². The van der Waals surface area contributed by atoms with Crippen LogP contribution < -0.4 is 10.6 Å². The third kappa shape index (κ3) is 5.31. The van der Waals surface area contributed by atoms with Crippen molar-refractivity contribution < 1.29 is 13.7 Å². The lowest BCUT2D eigenvalue weighted by Gasteiger charge is -2.19. The third-order valence-corrected chi connectivity index (χ3v) is 5.54. The van der Waals surface area contributed by atoms with Gasteiger partial charge in [0.25, 0.3) is 5.91 Å². The van der Waals surface area contributed by atoms with Crippen LogP contribution in [-0.4, -0.2) is 22.6 Å². The zero-order valence-electron chi connectivity index (χ0n) is 16.1. The van der Waals surface area contributed by atoms with Gasteiger partial charge in [0, 0.05) is 24.6 Å². The summed E-state index contributed by atoms with van der Waals surface area (Å²) in [5.41, 5.74) is 2.96. The van der Waals surface area contributed by atoms with E-state index >= 15 is 0 Å². The van der Waals surface area contributed by atoms with Crippen molar-refractivity contribution in [3.05, 3.63) is 70.5 Å². The van der Waals surface area contributed by atoms with Gasteiger partial charge in [0.15, 0.2) is 0 Å².